The van der Waals surface area contributed by atoms with Gasteiger partial charge in [-0.25, -0.2) is 15.8 Å². The number of likely N-dealkylation sites (N-methyl/N-ethyl adjacent to an activating group) is 1. The first-order chi connectivity index (χ1) is 9.06. The van der Waals surface area contributed by atoms with Crippen LogP contribution >= 0.6 is 0 Å². The van der Waals surface area contributed by atoms with Gasteiger partial charge in [0.15, 0.2) is 0 Å². The Morgan fingerprint density at radius 2 is 1.95 bits per heavy atom. The zero-order chi connectivity index (χ0) is 15.6. The Labute approximate surface area is 114 Å². The van der Waals surface area contributed by atoms with Crippen LogP contribution in [-0.4, -0.2) is 33.8 Å². The number of hydrogen-bond acceptors (Lipinski definition) is 6. The highest BCUT2D eigenvalue weighted by molar-refractivity contribution is 5.49. The van der Waals surface area contributed by atoms with E-state index in [9.17, 15) is 18.3 Å². The third-order valence-electron chi connectivity index (χ3n) is 2.40. The summed E-state index contributed by atoms with van der Waals surface area (Å²) < 4.78 is 38.2. The van der Waals surface area contributed by atoms with Crippen molar-refractivity contribution in [3.63, 3.8) is 0 Å². The van der Waals surface area contributed by atoms with Gasteiger partial charge in [0.25, 0.3) is 0 Å². The van der Waals surface area contributed by atoms with E-state index in [2.05, 4.69) is 15.4 Å². The first kappa shape index (κ1) is 16.4. The molecule has 1 heterocycles. The van der Waals surface area contributed by atoms with Crippen molar-refractivity contribution in [2.75, 3.05) is 23.4 Å². The van der Waals surface area contributed by atoms with E-state index in [0.717, 1.165) is 0 Å². The molecule has 20 heavy (non-hydrogen) atoms. The van der Waals surface area contributed by atoms with E-state index in [1.807, 2.05) is 0 Å². The maximum atomic E-state index is 12.7. The molecule has 0 aromatic carbocycles. The molecule has 0 fully saturated rings. The quantitative estimate of drug-likeness (QED) is 0.561. The maximum absolute atomic E-state index is 12.7. The lowest BCUT2D eigenvalue weighted by molar-refractivity contribution is -0.144. The lowest BCUT2D eigenvalue weighted by Gasteiger charge is -2.29. The number of alkyl halides is 3. The van der Waals surface area contributed by atoms with Crippen LogP contribution in [-0.2, 0) is 6.18 Å². The largest absolute Gasteiger partial charge is 0.451 e. The highest BCUT2D eigenvalue weighted by atomic mass is 19.4. The summed E-state index contributed by atoms with van der Waals surface area (Å²) >= 11 is 0. The van der Waals surface area contributed by atoms with E-state index >= 15 is 0 Å². The van der Waals surface area contributed by atoms with Crippen molar-refractivity contribution in [2.24, 2.45) is 5.84 Å². The number of nitrogens with one attached hydrogen (secondary N) is 1. The van der Waals surface area contributed by atoms with Crippen molar-refractivity contribution in [2.45, 2.75) is 32.5 Å². The van der Waals surface area contributed by atoms with Crippen LogP contribution in [0.2, 0.25) is 0 Å². The topological polar surface area (TPSA) is 87.3 Å². The fraction of sp³-hybridized carbons (Fsp3) is 0.636. The number of hydrazine groups is 1. The van der Waals surface area contributed by atoms with Crippen LogP contribution in [0.25, 0.3) is 0 Å². The summed E-state index contributed by atoms with van der Waals surface area (Å²) in [6, 6.07) is 1.30. The molecule has 0 amide bonds. The molecule has 0 bridgehead atoms. The normalized spacial score (nSPS) is 12.4. The fourth-order valence-electron chi connectivity index (χ4n) is 1.62. The van der Waals surface area contributed by atoms with Gasteiger partial charge < -0.3 is 15.4 Å². The predicted molar refractivity (Wildman–Crippen MR) is 69.0 cm³/mol. The Hall–Kier alpha value is -1.61. The summed E-state index contributed by atoms with van der Waals surface area (Å²) in [6.07, 6.45) is -4.67. The predicted octanol–water partition coefficient (Wildman–Crippen LogP) is 1.38. The minimum Gasteiger partial charge on any atom is -0.389 e. The molecule has 1 aromatic rings. The minimum absolute atomic E-state index is 0.0462. The first-order valence-electron chi connectivity index (χ1n) is 5.97. The first-order valence-corrected chi connectivity index (χ1v) is 5.97. The lowest BCUT2D eigenvalue weighted by atomic mass is 10.1. The van der Waals surface area contributed by atoms with Gasteiger partial charge in [0.05, 0.1) is 5.60 Å². The molecule has 0 radical (unpaired) electrons. The lowest BCUT2D eigenvalue weighted by Crippen LogP contribution is -2.39. The average molecular weight is 293 g/mol. The van der Waals surface area contributed by atoms with Crippen LogP contribution in [0.5, 0.6) is 0 Å². The van der Waals surface area contributed by atoms with Gasteiger partial charge in [0.2, 0.25) is 5.82 Å². The smallest absolute Gasteiger partial charge is 0.389 e. The second-order valence-corrected chi connectivity index (χ2v) is 4.90. The highest BCUT2D eigenvalue weighted by Crippen LogP contribution is 2.29. The fourth-order valence-corrected chi connectivity index (χ4v) is 1.62. The number of anilines is 2. The zero-order valence-corrected chi connectivity index (χ0v) is 11.5. The molecule has 0 saturated carbocycles. The van der Waals surface area contributed by atoms with Gasteiger partial charge in [-0.05, 0) is 20.8 Å². The molecule has 114 valence electrons. The molecule has 0 aliphatic rings. The summed E-state index contributed by atoms with van der Waals surface area (Å²) in [5.41, 5.74) is 1.01. The van der Waals surface area contributed by atoms with E-state index < -0.39 is 17.6 Å². The molecule has 0 saturated heterocycles. The number of aliphatic hydroxyl groups is 1. The summed E-state index contributed by atoms with van der Waals surface area (Å²) in [7, 11) is 0. The number of nitrogens with zero attached hydrogens (tertiary/aromatic N) is 3. The van der Waals surface area contributed by atoms with Crippen molar-refractivity contribution in [1.29, 1.82) is 0 Å². The second-order valence-electron chi connectivity index (χ2n) is 4.90. The average Bonchev–Trinajstić information content (AvgIpc) is 2.33. The third-order valence-corrected chi connectivity index (χ3v) is 2.40. The van der Waals surface area contributed by atoms with Crippen molar-refractivity contribution < 1.29 is 18.3 Å². The molecule has 0 atom stereocenters. The standard InChI is InChI=1S/C11H18F3N5O/c1-4-19(6-10(2,3)20)8-5-7(18-15)16-9(17-8)11(12,13)14/h5,20H,4,6,15H2,1-3H3,(H,16,17,18). The monoisotopic (exact) mass is 293 g/mol. The summed E-state index contributed by atoms with van der Waals surface area (Å²) in [5.74, 6) is 3.75. The number of nitrogens with two attached hydrogens (primary N) is 1. The molecule has 1 aromatic heterocycles. The van der Waals surface area contributed by atoms with Gasteiger partial charge in [-0.15, -0.1) is 0 Å². The Kier molecular flexibility index (Phi) is 4.77. The Morgan fingerprint density at radius 3 is 2.35 bits per heavy atom. The maximum Gasteiger partial charge on any atom is 0.451 e. The number of halogens is 3. The van der Waals surface area contributed by atoms with Gasteiger partial charge in [0, 0.05) is 19.2 Å². The van der Waals surface area contributed by atoms with Crippen LogP contribution in [0.4, 0.5) is 24.8 Å². The van der Waals surface area contributed by atoms with Crippen LogP contribution in [0.3, 0.4) is 0 Å². The van der Waals surface area contributed by atoms with E-state index in [1.54, 1.807) is 20.8 Å². The molecule has 0 aliphatic carbocycles. The molecular weight excluding hydrogens is 275 g/mol. The molecule has 4 N–H and O–H groups in total. The molecule has 0 aliphatic heterocycles. The molecule has 9 heteroatoms. The Morgan fingerprint density at radius 1 is 1.35 bits per heavy atom. The van der Waals surface area contributed by atoms with Gasteiger partial charge in [0.1, 0.15) is 11.6 Å². The number of nitrogen functional groups attached to an aromatic ring is 1. The van der Waals surface area contributed by atoms with Crippen molar-refractivity contribution in [3.05, 3.63) is 11.9 Å². The van der Waals surface area contributed by atoms with Crippen LogP contribution in [0.1, 0.15) is 26.6 Å². The van der Waals surface area contributed by atoms with Gasteiger partial charge in [-0.2, -0.15) is 13.2 Å². The zero-order valence-electron chi connectivity index (χ0n) is 11.5. The van der Waals surface area contributed by atoms with E-state index in [0.29, 0.717) is 6.54 Å². The van der Waals surface area contributed by atoms with Crippen molar-refractivity contribution in [1.82, 2.24) is 9.97 Å². The molecule has 1 rings (SSSR count). The minimum atomic E-state index is -4.67. The Bertz CT molecular complexity index is 458. The Balaban J connectivity index is 3.21. The molecular formula is C11H18F3N5O. The van der Waals surface area contributed by atoms with Crippen molar-refractivity contribution in [3.8, 4) is 0 Å². The van der Waals surface area contributed by atoms with E-state index in [1.165, 1.54) is 11.0 Å². The van der Waals surface area contributed by atoms with E-state index in [-0.39, 0.29) is 18.2 Å². The SMILES string of the molecule is CCN(CC(C)(C)O)c1cc(NN)nc(C(F)(F)F)n1. The molecule has 0 unspecified atom stereocenters. The van der Waals surface area contributed by atoms with Gasteiger partial charge in [-0.1, -0.05) is 0 Å². The number of aromatic nitrogens is 2. The highest BCUT2D eigenvalue weighted by Gasteiger charge is 2.36. The second kappa shape index (κ2) is 5.80. The third kappa shape index (κ3) is 4.49. The van der Waals surface area contributed by atoms with Gasteiger partial charge >= 0.3 is 6.18 Å². The summed E-state index contributed by atoms with van der Waals surface area (Å²) in [4.78, 5) is 8.28. The van der Waals surface area contributed by atoms with Crippen molar-refractivity contribution >= 4 is 11.6 Å². The molecule has 0 spiro atoms. The number of hydrogen-bond donors (Lipinski definition) is 3. The summed E-state index contributed by atoms with van der Waals surface area (Å²) in [6.45, 7) is 5.37. The van der Waals surface area contributed by atoms with E-state index in [4.69, 9.17) is 5.84 Å². The number of rotatable bonds is 5. The summed E-state index contributed by atoms with van der Waals surface area (Å²) in [5, 5.41) is 9.79. The molecule has 6 nitrogen and oxygen atoms in total. The van der Waals surface area contributed by atoms with Crippen LogP contribution in [0, 0.1) is 0 Å². The van der Waals surface area contributed by atoms with Crippen LogP contribution < -0.4 is 16.2 Å². The van der Waals surface area contributed by atoms with Gasteiger partial charge in [-0.3, -0.25) is 0 Å². The van der Waals surface area contributed by atoms with Crippen LogP contribution in [0.15, 0.2) is 6.07 Å².